The molecule has 0 aromatic heterocycles. The molecule has 0 saturated carbocycles. The minimum atomic E-state index is -1.28. The molecule has 0 radical (unpaired) electrons. The molecule has 0 aliphatic carbocycles. The summed E-state index contributed by atoms with van der Waals surface area (Å²) >= 11 is 0. The van der Waals surface area contributed by atoms with Crippen LogP contribution in [0.2, 0.25) is 0 Å². The van der Waals surface area contributed by atoms with Crippen LogP contribution in [0.3, 0.4) is 0 Å². The average Bonchev–Trinajstić information content (AvgIpc) is 1.63. The highest BCUT2D eigenvalue weighted by Gasteiger charge is 1.87. The highest BCUT2D eigenvalue weighted by atomic mass is 16.4. The normalized spacial score (nSPS) is 9.33. The number of aliphatic carboxylic acids is 1. The van der Waals surface area contributed by atoms with E-state index in [-0.39, 0.29) is 0 Å². The van der Waals surface area contributed by atoms with Crippen molar-refractivity contribution in [2.45, 2.75) is 0 Å². The van der Waals surface area contributed by atoms with Crippen molar-refractivity contribution in [3.63, 3.8) is 0 Å². The van der Waals surface area contributed by atoms with Crippen LogP contribution in [0.1, 0.15) is 0 Å². The first-order chi connectivity index (χ1) is 4.13. The highest BCUT2D eigenvalue weighted by molar-refractivity contribution is 5.80. The van der Waals surface area contributed by atoms with Crippen LogP contribution in [0.4, 0.5) is 4.79 Å². The molecule has 0 saturated heterocycles. The molecule has 0 spiro atoms. The number of nitrogens with one attached hydrogen (secondary N) is 1. The number of hydrogen-bond acceptors (Lipinski definition) is 2. The molecule has 0 aliphatic heterocycles. The van der Waals surface area contributed by atoms with Gasteiger partial charge < -0.3 is 10.2 Å². The Morgan fingerprint density at radius 1 is 1.33 bits per heavy atom. The lowest BCUT2D eigenvalue weighted by Gasteiger charge is -1.85. The third-order valence-electron chi connectivity index (χ3n) is 0.433. The lowest BCUT2D eigenvalue weighted by atomic mass is 10.6. The third kappa shape index (κ3) is 6.48. The molecule has 0 fully saturated rings. The van der Waals surface area contributed by atoms with Crippen LogP contribution in [-0.2, 0) is 4.79 Å². The molecule has 5 nitrogen and oxygen atoms in total. The van der Waals surface area contributed by atoms with Gasteiger partial charge in [0.05, 0.1) is 0 Å². The number of hydrogen-bond donors (Lipinski definition) is 3. The van der Waals surface area contributed by atoms with Gasteiger partial charge in [-0.05, 0) is 0 Å². The van der Waals surface area contributed by atoms with Gasteiger partial charge in [0, 0.05) is 12.3 Å². The summed E-state index contributed by atoms with van der Waals surface area (Å²) in [6.07, 6.45) is 0.228. The lowest BCUT2D eigenvalue weighted by molar-refractivity contribution is -0.131. The van der Waals surface area contributed by atoms with Crippen molar-refractivity contribution in [2.75, 3.05) is 0 Å². The van der Waals surface area contributed by atoms with Gasteiger partial charge in [0.15, 0.2) is 0 Å². The molecule has 0 atom stereocenters. The first-order valence-electron chi connectivity index (χ1n) is 2.02. The van der Waals surface area contributed by atoms with Crippen LogP contribution in [0.25, 0.3) is 0 Å². The summed E-state index contributed by atoms with van der Waals surface area (Å²) in [5.74, 6) is -1.19. The molecule has 0 rings (SSSR count). The summed E-state index contributed by atoms with van der Waals surface area (Å²) in [6, 6.07) is 0. The molecule has 5 heteroatoms. The Hall–Kier alpha value is -1.52. The number of rotatable bonds is 2. The second-order valence-corrected chi connectivity index (χ2v) is 1.12. The average molecular weight is 131 g/mol. The smallest absolute Gasteiger partial charge is 0.408 e. The van der Waals surface area contributed by atoms with E-state index in [1.165, 1.54) is 0 Å². The molecule has 0 heterocycles. The number of carboxylic acids is 1. The van der Waals surface area contributed by atoms with Crippen molar-refractivity contribution in [2.24, 2.45) is 0 Å². The number of amides is 1. The summed E-state index contributed by atoms with van der Waals surface area (Å²) in [7, 11) is 0. The summed E-state index contributed by atoms with van der Waals surface area (Å²) in [4.78, 5) is 19.3. The Labute approximate surface area is 50.6 Å². The molecular formula is C4H5NO4. The Balaban J connectivity index is 3.48. The molecule has 1 amide bonds. The van der Waals surface area contributed by atoms with E-state index in [2.05, 4.69) is 0 Å². The van der Waals surface area contributed by atoms with Crippen molar-refractivity contribution in [1.82, 2.24) is 5.32 Å². The minimum absolute atomic E-state index is 0.689. The van der Waals surface area contributed by atoms with Gasteiger partial charge in [-0.1, -0.05) is 0 Å². The molecule has 0 aromatic rings. The molecular weight excluding hydrogens is 126 g/mol. The largest absolute Gasteiger partial charge is 0.478 e. The summed E-state index contributed by atoms with van der Waals surface area (Å²) in [5.41, 5.74) is 0. The van der Waals surface area contributed by atoms with E-state index in [0.717, 1.165) is 6.20 Å². The molecule has 0 unspecified atom stereocenters. The Morgan fingerprint density at radius 3 is 2.22 bits per heavy atom. The maximum absolute atomic E-state index is 9.66. The zero-order valence-corrected chi connectivity index (χ0v) is 4.37. The molecule has 3 N–H and O–H groups in total. The standard InChI is InChI=1S/C4H5NO4/c6-3(7)1-2-5-4(8)9/h1-2,5H,(H,6,7)(H,8,9)/b2-1+. The second kappa shape index (κ2) is 3.48. The first kappa shape index (κ1) is 7.48. The molecule has 0 bridgehead atoms. The zero-order valence-electron chi connectivity index (χ0n) is 4.37. The van der Waals surface area contributed by atoms with Crippen LogP contribution < -0.4 is 5.32 Å². The highest BCUT2D eigenvalue weighted by Crippen LogP contribution is 1.67. The fraction of sp³-hybridized carbons (Fsp3) is 0. The first-order valence-corrected chi connectivity index (χ1v) is 2.02. The number of carbonyl (C=O) groups is 2. The third-order valence-corrected chi connectivity index (χ3v) is 0.433. The summed E-state index contributed by atoms with van der Waals surface area (Å²) < 4.78 is 0. The van der Waals surface area contributed by atoms with E-state index in [1.807, 2.05) is 0 Å². The molecule has 0 aromatic carbocycles. The quantitative estimate of drug-likeness (QED) is 0.455. The Morgan fingerprint density at radius 2 is 1.89 bits per heavy atom. The van der Waals surface area contributed by atoms with Crippen molar-refractivity contribution in [1.29, 1.82) is 0 Å². The maximum Gasteiger partial charge on any atom is 0.408 e. The van der Waals surface area contributed by atoms with Crippen LogP contribution >= 0.6 is 0 Å². The molecule has 50 valence electrons. The topological polar surface area (TPSA) is 86.6 Å². The van der Waals surface area contributed by atoms with Gasteiger partial charge in [-0.2, -0.15) is 0 Å². The summed E-state index contributed by atoms with van der Waals surface area (Å²) in [6.45, 7) is 0. The van der Waals surface area contributed by atoms with Gasteiger partial charge in [-0.15, -0.1) is 0 Å². The fourth-order valence-electron chi connectivity index (χ4n) is 0.184. The van der Waals surface area contributed by atoms with E-state index in [0.29, 0.717) is 6.08 Å². The lowest BCUT2D eigenvalue weighted by Crippen LogP contribution is -2.13. The fourth-order valence-corrected chi connectivity index (χ4v) is 0.184. The molecule has 0 aliphatic rings. The Kier molecular flexibility index (Phi) is 2.89. The van der Waals surface area contributed by atoms with Gasteiger partial charge in [0.2, 0.25) is 0 Å². The minimum Gasteiger partial charge on any atom is -0.478 e. The van der Waals surface area contributed by atoms with Crippen LogP contribution in [0.5, 0.6) is 0 Å². The van der Waals surface area contributed by atoms with Gasteiger partial charge in [-0.25, -0.2) is 9.59 Å². The van der Waals surface area contributed by atoms with E-state index in [9.17, 15) is 9.59 Å². The predicted molar refractivity (Wildman–Crippen MR) is 27.9 cm³/mol. The van der Waals surface area contributed by atoms with Crippen molar-refractivity contribution >= 4 is 12.1 Å². The monoisotopic (exact) mass is 131 g/mol. The van der Waals surface area contributed by atoms with Gasteiger partial charge >= 0.3 is 12.1 Å². The van der Waals surface area contributed by atoms with Gasteiger partial charge in [0.1, 0.15) is 0 Å². The van der Waals surface area contributed by atoms with E-state index < -0.39 is 12.1 Å². The SMILES string of the molecule is O=C(O)/C=C/NC(=O)O. The van der Waals surface area contributed by atoms with Crippen molar-refractivity contribution < 1.29 is 19.8 Å². The van der Waals surface area contributed by atoms with Gasteiger partial charge in [0.25, 0.3) is 0 Å². The summed E-state index contributed by atoms with van der Waals surface area (Å²) in [5, 5.41) is 17.5. The van der Waals surface area contributed by atoms with E-state index in [4.69, 9.17) is 10.2 Å². The van der Waals surface area contributed by atoms with Crippen molar-refractivity contribution in [3.8, 4) is 0 Å². The predicted octanol–water partition coefficient (Wildman–Crippen LogP) is -0.148. The van der Waals surface area contributed by atoms with E-state index >= 15 is 0 Å². The van der Waals surface area contributed by atoms with Crippen LogP contribution in [0, 0.1) is 0 Å². The van der Waals surface area contributed by atoms with E-state index in [1.54, 1.807) is 5.32 Å². The van der Waals surface area contributed by atoms with Gasteiger partial charge in [-0.3, -0.25) is 5.32 Å². The van der Waals surface area contributed by atoms with Crippen molar-refractivity contribution in [3.05, 3.63) is 12.3 Å². The number of carboxylic acid groups (broad SMARTS) is 2. The van der Waals surface area contributed by atoms with Crippen LogP contribution in [-0.4, -0.2) is 22.3 Å². The molecule has 9 heavy (non-hydrogen) atoms. The Bertz CT molecular complexity index is 151. The second-order valence-electron chi connectivity index (χ2n) is 1.12. The zero-order chi connectivity index (χ0) is 7.28. The van der Waals surface area contributed by atoms with Crippen LogP contribution in [0.15, 0.2) is 12.3 Å². The maximum atomic E-state index is 9.66.